The van der Waals surface area contributed by atoms with Crippen molar-refractivity contribution in [3.8, 4) is 0 Å². The van der Waals surface area contributed by atoms with Crippen molar-refractivity contribution >= 4 is 33.2 Å². The molecule has 134 valence electrons. The van der Waals surface area contributed by atoms with Gasteiger partial charge in [-0.05, 0) is 42.8 Å². The van der Waals surface area contributed by atoms with E-state index in [-0.39, 0.29) is 34.5 Å². The van der Waals surface area contributed by atoms with E-state index in [0.29, 0.717) is 12.1 Å². The van der Waals surface area contributed by atoms with Crippen molar-refractivity contribution in [2.75, 3.05) is 17.5 Å². The van der Waals surface area contributed by atoms with Crippen molar-refractivity contribution in [2.24, 2.45) is 0 Å². The first kappa shape index (κ1) is 19.2. The molecule has 1 amide bonds. The van der Waals surface area contributed by atoms with E-state index in [1.165, 1.54) is 35.2 Å². The SMILES string of the molecule is CCN(Cc1cccc(F)c1)C(=O)c1ccc(Cl)c(NS(C)(=O)=O)c1. The van der Waals surface area contributed by atoms with E-state index in [4.69, 9.17) is 11.6 Å². The van der Waals surface area contributed by atoms with Gasteiger partial charge in [0.05, 0.1) is 17.0 Å². The third-order valence-electron chi connectivity index (χ3n) is 3.44. The molecule has 0 radical (unpaired) electrons. The second-order valence-electron chi connectivity index (χ2n) is 5.52. The van der Waals surface area contributed by atoms with Crippen LogP contribution in [-0.4, -0.2) is 32.0 Å². The first-order valence-corrected chi connectivity index (χ1v) is 9.77. The Labute approximate surface area is 151 Å². The zero-order valence-corrected chi connectivity index (χ0v) is 15.4. The topological polar surface area (TPSA) is 66.5 Å². The number of nitrogens with one attached hydrogen (secondary N) is 1. The number of hydrogen-bond donors (Lipinski definition) is 1. The molecule has 0 saturated heterocycles. The highest BCUT2D eigenvalue weighted by Gasteiger charge is 2.17. The fourth-order valence-electron chi connectivity index (χ4n) is 2.30. The average molecular weight is 385 g/mol. The van der Waals surface area contributed by atoms with Crippen molar-refractivity contribution in [3.05, 3.63) is 64.4 Å². The fourth-order valence-corrected chi connectivity index (χ4v) is 3.09. The molecule has 8 heteroatoms. The predicted octanol–water partition coefficient (Wildman–Crippen LogP) is 3.51. The standard InChI is InChI=1S/C17H18ClFN2O3S/c1-3-21(11-12-5-4-6-14(19)9-12)17(22)13-7-8-15(18)16(10-13)20-25(2,23)24/h4-10,20H,3,11H2,1-2H3. The average Bonchev–Trinajstić information content (AvgIpc) is 2.53. The van der Waals surface area contributed by atoms with E-state index in [1.807, 2.05) is 6.92 Å². The zero-order chi connectivity index (χ0) is 18.6. The monoisotopic (exact) mass is 384 g/mol. The van der Waals surface area contributed by atoms with Gasteiger partial charge in [0.25, 0.3) is 5.91 Å². The minimum Gasteiger partial charge on any atom is -0.335 e. The molecule has 0 spiro atoms. The molecular formula is C17H18ClFN2O3S. The van der Waals surface area contributed by atoms with Crippen LogP contribution in [0.4, 0.5) is 10.1 Å². The molecule has 0 aliphatic rings. The van der Waals surface area contributed by atoms with Crippen LogP contribution in [0, 0.1) is 5.82 Å². The second kappa shape index (κ2) is 7.84. The Morgan fingerprint density at radius 2 is 1.96 bits per heavy atom. The molecule has 0 aliphatic carbocycles. The molecule has 0 heterocycles. The Balaban J connectivity index is 2.26. The number of amides is 1. The third-order valence-corrected chi connectivity index (χ3v) is 4.36. The number of sulfonamides is 1. The highest BCUT2D eigenvalue weighted by molar-refractivity contribution is 7.92. The van der Waals surface area contributed by atoms with Crippen LogP contribution in [0.5, 0.6) is 0 Å². The van der Waals surface area contributed by atoms with Gasteiger partial charge < -0.3 is 4.90 Å². The number of benzene rings is 2. The summed E-state index contributed by atoms with van der Waals surface area (Å²) >= 11 is 5.97. The third kappa shape index (κ3) is 5.44. The molecule has 0 fully saturated rings. The summed E-state index contributed by atoms with van der Waals surface area (Å²) in [5.41, 5.74) is 1.09. The van der Waals surface area contributed by atoms with Crippen LogP contribution < -0.4 is 4.72 Å². The molecule has 25 heavy (non-hydrogen) atoms. The highest BCUT2D eigenvalue weighted by Crippen LogP contribution is 2.25. The van der Waals surface area contributed by atoms with Gasteiger partial charge in [-0.15, -0.1) is 0 Å². The summed E-state index contributed by atoms with van der Waals surface area (Å²) in [5, 5.41) is 0.190. The van der Waals surface area contributed by atoms with Crippen LogP contribution in [0.3, 0.4) is 0 Å². The number of carbonyl (C=O) groups is 1. The summed E-state index contributed by atoms with van der Waals surface area (Å²) < 4.78 is 38.4. The minimum atomic E-state index is -3.52. The molecule has 0 bridgehead atoms. The fraction of sp³-hybridized carbons (Fsp3) is 0.235. The lowest BCUT2D eigenvalue weighted by molar-refractivity contribution is 0.0752. The van der Waals surface area contributed by atoms with E-state index in [2.05, 4.69) is 4.72 Å². The highest BCUT2D eigenvalue weighted by atomic mass is 35.5. The van der Waals surface area contributed by atoms with E-state index in [1.54, 1.807) is 12.1 Å². The Kier molecular flexibility index (Phi) is 6.02. The molecular weight excluding hydrogens is 367 g/mol. The van der Waals surface area contributed by atoms with Gasteiger partial charge in [0.15, 0.2) is 0 Å². The predicted molar refractivity (Wildman–Crippen MR) is 96.7 cm³/mol. The van der Waals surface area contributed by atoms with Gasteiger partial charge in [0.1, 0.15) is 5.82 Å². The molecule has 2 aromatic carbocycles. The van der Waals surface area contributed by atoms with Gasteiger partial charge in [-0.3, -0.25) is 9.52 Å². The largest absolute Gasteiger partial charge is 0.335 e. The summed E-state index contributed by atoms with van der Waals surface area (Å²) in [4.78, 5) is 14.2. The van der Waals surface area contributed by atoms with Gasteiger partial charge in [0.2, 0.25) is 10.0 Å². The molecule has 0 aromatic heterocycles. The molecule has 0 unspecified atom stereocenters. The van der Waals surface area contributed by atoms with Gasteiger partial charge in [-0.2, -0.15) is 0 Å². The maximum absolute atomic E-state index is 13.3. The van der Waals surface area contributed by atoms with E-state index < -0.39 is 10.0 Å². The molecule has 0 atom stereocenters. The summed E-state index contributed by atoms with van der Waals surface area (Å²) in [6.07, 6.45) is 1.00. The lowest BCUT2D eigenvalue weighted by Crippen LogP contribution is -2.30. The number of halogens is 2. The Hall–Kier alpha value is -2.12. The maximum atomic E-state index is 13.3. The summed E-state index contributed by atoms with van der Waals surface area (Å²) in [5.74, 6) is -0.674. The lowest BCUT2D eigenvalue weighted by atomic mass is 10.1. The second-order valence-corrected chi connectivity index (χ2v) is 7.67. The smallest absolute Gasteiger partial charge is 0.254 e. The van der Waals surface area contributed by atoms with Crippen molar-refractivity contribution < 1.29 is 17.6 Å². The van der Waals surface area contributed by atoms with E-state index in [0.717, 1.165) is 6.26 Å². The van der Waals surface area contributed by atoms with Crippen LogP contribution >= 0.6 is 11.6 Å². The minimum absolute atomic E-state index is 0.136. The first-order valence-electron chi connectivity index (χ1n) is 7.50. The summed E-state index contributed by atoms with van der Waals surface area (Å²) in [6.45, 7) is 2.46. The van der Waals surface area contributed by atoms with Crippen LogP contribution in [0.15, 0.2) is 42.5 Å². The number of anilines is 1. The number of rotatable bonds is 6. The summed E-state index contributed by atoms with van der Waals surface area (Å²) in [6, 6.07) is 10.4. The quantitative estimate of drug-likeness (QED) is 0.828. The van der Waals surface area contributed by atoms with Crippen molar-refractivity contribution in [1.82, 2.24) is 4.90 Å². The van der Waals surface area contributed by atoms with E-state index >= 15 is 0 Å². The van der Waals surface area contributed by atoms with Crippen LogP contribution in [0.25, 0.3) is 0 Å². The summed E-state index contributed by atoms with van der Waals surface area (Å²) in [7, 11) is -3.52. The van der Waals surface area contributed by atoms with Gasteiger partial charge in [-0.1, -0.05) is 23.7 Å². The van der Waals surface area contributed by atoms with Crippen molar-refractivity contribution in [1.29, 1.82) is 0 Å². The van der Waals surface area contributed by atoms with Gasteiger partial charge in [0, 0.05) is 18.7 Å². The number of hydrogen-bond acceptors (Lipinski definition) is 3. The lowest BCUT2D eigenvalue weighted by Gasteiger charge is -2.21. The van der Waals surface area contributed by atoms with Crippen LogP contribution in [-0.2, 0) is 16.6 Å². The van der Waals surface area contributed by atoms with Crippen LogP contribution in [0.2, 0.25) is 5.02 Å². The first-order chi connectivity index (χ1) is 11.7. The van der Waals surface area contributed by atoms with Crippen LogP contribution in [0.1, 0.15) is 22.8 Å². The Morgan fingerprint density at radius 3 is 2.56 bits per heavy atom. The number of nitrogens with zero attached hydrogens (tertiary/aromatic N) is 1. The molecule has 1 N–H and O–H groups in total. The molecule has 0 saturated carbocycles. The van der Waals surface area contributed by atoms with Crippen molar-refractivity contribution in [3.63, 3.8) is 0 Å². The van der Waals surface area contributed by atoms with E-state index in [9.17, 15) is 17.6 Å². The van der Waals surface area contributed by atoms with Crippen molar-refractivity contribution in [2.45, 2.75) is 13.5 Å². The normalized spacial score (nSPS) is 11.2. The molecule has 2 rings (SSSR count). The molecule has 0 aliphatic heterocycles. The Morgan fingerprint density at radius 1 is 1.24 bits per heavy atom. The maximum Gasteiger partial charge on any atom is 0.254 e. The van der Waals surface area contributed by atoms with Gasteiger partial charge in [-0.25, -0.2) is 12.8 Å². The Bertz CT molecular complexity index is 887. The molecule has 2 aromatic rings. The zero-order valence-electron chi connectivity index (χ0n) is 13.8. The molecule has 5 nitrogen and oxygen atoms in total. The van der Waals surface area contributed by atoms with Gasteiger partial charge >= 0.3 is 0 Å². The number of carbonyl (C=O) groups excluding carboxylic acids is 1.